The minimum Gasteiger partial charge on any atom is -0.497 e. The molecule has 16 heteroatoms. The van der Waals surface area contributed by atoms with Crippen molar-refractivity contribution in [3.63, 3.8) is 0 Å². The molecule has 3 fully saturated rings. The monoisotopic (exact) mass is 783 g/mol. The number of aromatic nitrogens is 1. The molecule has 55 heavy (non-hydrogen) atoms. The van der Waals surface area contributed by atoms with E-state index in [4.69, 9.17) is 18.9 Å². The third-order valence-corrected chi connectivity index (χ3v) is 12.5. The first kappa shape index (κ1) is 40.2. The zero-order valence-electron chi connectivity index (χ0n) is 32.3. The van der Waals surface area contributed by atoms with Gasteiger partial charge in [-0.3, -0.25) is 19.1 Å². The fraction of sp³-hybridized carbons (Fsp3) is 0.615. The van der Waals surface area contributed by atoms with Crippen molar-refractivity contribution in [2.75, 3.05) is 27.4 Å². The number of alkyl carbamates (subject to hydrolysis) is 1. The first-order chi connectivity index (χ1) is 26.0. The Labute approximate surface area is 322 Å². The maximum absolute atomic E-state index is 14.9. The first-order valence-electron chi connectivity index (χ1n) is 19.0. The average molecular weight is 784 g/mol. The van der Waals surface area contributed by atoms with Crippen LogP contribution in [0, 0.1) is 17.8 Å². The van der Waals surface area contributed by atoms with Crippen molar-refractivity contribution in [3.8, 4) is 11.6 Å². The average Bonchev–Trinajstić information content (AvgIpc) is 4.04. The number of methoxy groups -OCH3 is 2. The van der Waals surface area contributed by atoms with Gasteiger partial charge in [0.05, 0.1) is 25.5 Å². The number of sulfonamides is 1. The van der Waals surface area contributed by atoms with E-state index in [2.05, 4.69) is 27.3 Å². The van der Waals surface area contributed by atoms with Crippen LogP contribution in [0.15, 0.2) is 42.6 Å². The normalized spacial score (nSPS) is 29.5. The molecule has 2 aliphatic heterocycles. The van der Waals surface area contributed by atoms with Crippen molar-refractivity contribution >= 4 is 44.6 Å². The summed E-state index contributed by atoms with van der Waals surface area (Å²) >= 11 is 0. The van der Waals surface area contributed by atoms with Crippen molar-refractivity contribution in [2.45, 2.75) is 107 Å². The van der Waals surface area contributed by atoms with Crippen LogP contribution in [0.2, 0.25) is 0 Å². The van der Waals surface area contributed by atoms with E-state index in [-0.39, 0.29) is 31.9 Å². The summed E-state index contributed by atoms with van der Waals surface area (Å²) in [6, 6.07) is 4.96. The predicted molar refractivity (Wildman–Crippen MR) is 203 cm³/mol. The lowest BCUT2D eigenvalue weighted by atomic mass is 9.87. The summed E-state index contributed by atoms with van der Waals surface area (Å²) in [4.78, 5) is 62.4. The Morgan fingerprint density at radius 3 is 2.55 bits per heavy atom. The number of nitrogens with one attached hydrogen (secondary N) is 3. The molecule has 6 rings (SSSR count). The number of benzene rings is 1. The molecule has 1 aromatic heterocycles. The first-order valence-corrected chi connectivity index (χ1v) is 20.5. The Balaban J connectivity index is 1.37. The molecular weight excluding hydrogens is 731 g/mol. The Hall–Kier alpha value is -4.44. The highest BCUT2D eigenvalue weighted by Crippen LogP contribution is 2.46. The van der Waals surface area contributed by atoms with Crippen molar-refractivity contribution in [1.82, 2.24) is 25.2 Å². The van der Waals surface area contributed by atoms with Crippen molar-refractivity contribution in [2.24, 2.45) is 17.8 Å². The number of hydrogen-bond acceptors (Lipinski definition) is 11. The highest BCUT2D eigenvalue weighted by Gasteiger charge is 2.62. The number of fused-ring (bicyclic) bond motifs is 3. The Morgan fingerprint density at radius 2 is 1.85 bits per heavy atom. The van der Waals surface area contributed by atoms with Gasteiger partial charge in [0.25, 0.3) is 5.91 Å². The van der Waals surface area contributed by atoms with Gasteiger partial charge >= 0.3 is 6.09 Å². The van der Waals surface area contributed by atoms with E-state index in [9.17, 15) is 27.6 Å². The van der Waals surface area contributed by atoms with Crippen LogP contribution < -0.4 is 24.8 Å². The summed E-state index contributed by atoms with van der Waals surface area (Å²) in [7, 11) is -0.810. The number of ether oxygens (including phenoxy) is 4. The molecule has 2 aliphatic carbocycles. The Morgan fingerprint density at radius 1 is 1.09 bits per heavy atom. The maximum Gasteiger partial charge on any atom is 0.408 e. The summed E-state index contributed by atoms with van der Waals surface area (Å²) in [5.41, 5.74) is -2.38. The second-order valence-electron chi connectivity index (χ2n) is 16.3. The highest BCUT2D eigenvalue weighted by atomic mass is 32.2. The lowest BCUT2D eigenvalue weighted by molar-refractivity contribution is -0.142. The minimum atomic E-state index is -3.91. The number of carbonyl (C=O) groups excluding carboxylic acids is 4. The van der Waals surface area contributed by atoms with Crippen LogP contribution in [0.25, 0.3) is 10.8 Å². The smallest absolute Gasteiger partial charge is 0.408 e. The second-order valence-corrected chi connectivity index (χ2v) is 18.3. The van der Waals surface area contributed by atoms with Crippen molar-refractivity contribution < 1.29 is 46.5 Å². The number of pyridine rings is 1. The van der Waals surface area contributed by atoms with Crippen LogP contribution in [-0.2, 0) is 33.9 Å². The summed E-state index contributed by atoms with van der Waals surface area (Å²) in [6.07, 6.45) is 6.91. The lowest BCUT2D eigenvalue weighted by Crippen LogP contribution is -2.59. The summed E-state index contributed by atoms with van der Waals surface area (Å²) in [5, 5.41) is 6.57. The van der Waals surface area contributed by atoms with Crippen LogP contribution in [0.3, 0.4) is 0 Å². The van der Waals surface area contributed by atoms with Crippen molar-refractivity contribution in [1.29, 1.82) is 0 Å². The fourth-order valence-corrected chi connectivity index (χ4v) is 9.00. The lowest BCUT2D eigenvalue weighted by Gasteiger charge is -2.34. The van der Waals surface area contributed by atoms with Gasteiger partial charge in [0.1, 0.15) is 35.1 Å². The molecule has 2 saturated carbocycles. The van der Waals surface area contributed by atoms with Gasteiger partial charge in [0.2, 0.25) is 27.7 Å². The van der Waals surface area contributed by atoms with E-state index >= 15 is 0 Å². The zero-order valence-corrected chi connectivity index (χ0v) is 33.1. The number of hydrogen-bond donors (Lipinski definition) is 3. The molecule has 0 radical (unpaired) electrons. The number of carbonyl (C=O) groups is 4. The van der Waals surface area contributed by atoms with E-state index in [0.29, 0.717) is 42.7 Å². The molecule has 3 N–H and O–H groups in total. The minimum absolute atomic E-state index is 0.0227. The molecule has 0 bridgehead atoms. The molecule has 300 valence electrons. The Bertz CT molecular complexity index is 1930. The fourth-order valence-electron chi connectivity index (χ4n) is 7.63. The molecule has 1 saturated heterocycles. The zero-order chi connectivity index (χ0) is 39.7. The molecule has 4 aliphatic rings. The Kier molecular flexibility index (Phi) is 11.7. The van der Waals surface area contributed by atoms with Gasteiger partial charge in [0.15, 0.2) is 0 Å². The molecule has 1 aromatic carbocycles. The van der Waals surface area contributed by atoms with Gasteiger partial charge in [-0.2, -0.15) is 0 Å². The van der Waals surface area contributed by atoms with Crippen molar-refractivity contribution in [3.05, 3.63) is 42.6 Å². The third-order valence-electron chi connectivity index (χ3n) is 10.7. The van der Waals surface area contributed by atoms with Crippen LogP contribution in [0.5, 0.6) is 11.6 Å². The molecular formula is C39H53N5O10S. The quantitative estimate of drug-likeness (QED) is 0.315. The van der Waals surface area contributed by atoms with E-state index < -0.39 is 80.3 Å². The number of amides is 4. The number of nitrogens with zero attached hydrogens (tertiary/aromatic N) is 2. The van der Waals surface area contributed by atoms with Crippen LogP contribution in [0.1, 0.15) is 72.6 Å². The standard InChI is InChI=1S/C39H53N5O10S/c1-23-9-7-8-10-26-20-39(26,36(47)43-55(49,50)29-12-13-29)42-33(45)31-19-28(53-34-30-14-11-27(52-6)18-24(30)15-16-40-34)21-44(31)35(46)32(25(17-23)22-51-5)41-37(48)54-38(2,3)4/h8,10-11,14-16,18,23,25-26,28-29,31-32H,7,9,12-13,17,19-22H2,1-6H3,(H,41,48)(H,42,45)(H,43,47)/b10-8-/t23-,25-,26+,28+,31-,32-,39+/m0/s1. The topological polar surface area (TPSA) is 192 Å². The van der Waals surface area contributed by atoms with E-state index in [0.717, 1.165) is 11.8 Å². The van der Waals surface area contributed by atoms with Gasteiger partial charge in [-0.15, -0.1) is 0 Å². The van der Waals surface area contributed by atoms with Gasteiger partial charge in [0, 0.05) is 36.9 Å². The molecule has 7 atom stereocenters. The number of rotatable bonds is 9. The predicted octanol–water partition coefficient (Wildman–Crippen LogP) is 3.61. The molecule has 2 aromatic rings. The molecule has 0 unspecified atom stereocenters. The van der Waals surface area contributed by atoms with Crippen LogP contribution >= 0.6 is 0 Å². The molecule has 0 spiro atoms. The highest BCUT2D eigenvalue weighted by molar-refractivity contribution is 7.91. The SMILES string of the molecule is COC[C@@H]1C[C@@H](C)CC/C=C\[C@@H]2C[C@@]2(C(=O)NS(=O)(=O)C2CC2)NC(=O)[C@@H]2C[C@@H](Oc3nccc4cc(OC)ccc34)CN2C(=O)[C@H]1NC(=O)OC(C)(C)C. The van der Waals surface area contributed by atoms with Gasteiger partial charge in [-0.1, -0.05) is 19.1 Å². The van der Waals surface area contributed by atoms with Crippen LogP contribution in [-0.4, -0.2) is 104 Å². The van der Waals surface area contributed by atoms with E-state index in [1.165, 1.54) is 12.0 Å². The molecule has 4 amide bonds. The second kappa shape index (κ2) is 16.0. The van der Waals surface area contributed by atoms with Gasteiger partial charge in [-0.25, -0.2) is 18.2 Å². The van der Waals surface area contributed by atoms with E-state index in [1.807, 2.05) is 30.4 Å². The van der Waals surface area contributed by atoms with Gasteiger partial charge in [-0.05, 0) is 94.9 Å². The molecule has 3 heterocycles. The molecule has 15 nitrogen and oxygen atoms in total. The van der Waals surface area contributed by atoms with Crippen LogP contribution in [0.4, 0.5) is 4.79 Å². The number of allylic oxidation sites excluding steroid dienone is 1. The third kappa shape index (κ3) is 9.34. The van der Waals surface area contributed by atoms with Gasteiger partial charge < -0.3 is 34.5 Å². The van der Waals surface area contributed by atoms with E-state index in [1.54, 1.807) is 40.1 Å². The summed E-state index contributed by atoms with van der Waals surface area (Å²) < 4.78 is 51.0. The largest absolute Gasteiger partial charge is 0.497 e. The maximum atomic E-state index is 14.9. The summed E-state index contributed by atoms with van der Waals surface area (Å²) in [5.74, 6) is -1.91. The summed E-state index contributed by atoms with van der Waals surface area (Å²) in [6.45, 7) is 7.31.